The molecular formula is C17H23NO5. The van der Waals surface area contributed by atoms with Crippen LogP contribution in [-0.2, 0) is 25.5 Å². The average molecular weight is 321 g/mol. The van der Waals surface area contributed by atoms with Crippen LogP contribution in [0.2, 0.25) is 0 Å². The van der Waals surface area contributed by atoms with Gasteiger partial charge in [-0.2, -0.15) is 0 Å². The number of esters is 1. The van der Waals surface area contributed by atoms with Crippen molar-refractivity contribution in [3.05, 3.63) is 35.9 Å². The Labute approximate surface area is 135 Å². The maximum absolute atomic E-state index is 11.9. The first-order chi connectivity index (χ1) is 10.9. The molecule has 0 radical (unpaired) electrons. The zero-order valence-electron chi connectivity index (χ0n) is 13.5. The molecule has 1 aromatic carbocycles. The van der Waals surface area contributed by atoms with Crippen molar-refractivity contribution in [2.24, 2.45) is 5.92 Å². The summed E-state index contributed by atoms with van der Waals surface area (Å²) in [5.74, 6) is -2.56. The van der Waals surface area contributed by atoms with Gasteiger partial charge in [-0.05, 0) is 25.3 Å². The number of aliphatic carboxylic acids is 1. The van der Waals surface area contributed by atoms with Crippen LogP contribution in [0.3, 0.4) is 0 Å². The lowest BCUT2D eigenvalue weighted by Gasteiger charge is -2.18. The van der Waals surface area contributed by atoms with Crippen molar-refractivity contribution in [1.82, 2.24) is 5.32 Å². The highest BCUT2D eigenvalue weighted by molar-refractivity contribution is 5.84. The van der Waals surface area contributed by atoms with Crippen molar-refractivity contribution in [1.29, 1.82) is 0 Å². The van der Waals surface area contributed by atoms with Crippen LogP contribution in [0.4, 0.5) is 0 Å². The van der Waals surface area contributed by atoms with E-state index in [0.29, 0.717) is 6.42 Å². The van der Waals surface area contributed by atoms with Crippen LogP contribution in [0.25, 0.3) is 0 Å². The zero-order chi connectivity index (χ0) is 17.2. The van der Waals surface area contributed by atoms with Crippen LogP contribution in [0.5, 0.6) is 0 Å². The first kappa shape index (κ1) is 18.7. The lowest BCUT2D eigenvalue weighted by molar-refractivity contribution is -0.149. The molecule has 0 heterocycles. The molecule has 1 rings (SSSR count). The molecule has 23 heavy (non-hydrogen) atoms. The van der Waals surface area contributed by atoms with E-state index in [-0.39, 0.29) is 25.4 Å². The Morgan fingerprint density at radius 1 is 1.22 bits per heavy atom. The van der Waals surface area contributed by atoms with Crippen molar-refractivity contribution in [2.45, 2.75) is 39.2 Å². The third-order valence-electron chi connectivity index (χ3n) is 3.40. The van der Waals surface area contributed by atoms with Crippen LogP contribution in [0.1, 0.15) is 32.3 Å². The molecular weight excluding hydrogens is 298 g/mol. The van der Waals surface area contributed by atoms with Gasteiger partial charge in [-0.25, -0.2) is 4.79 Å². The quantitative estimate of drug-likeness (QED) is 0.676. The number of hydrogen-bond donors (Lipinski definition) is 2. The number of hydrogen-bond acceptors (Lipinski definition) is 4. The lowest BCUT2D eigenvalue weighted by Crippen LogP contribution is -2.42. The fourth-order valence-corrected chi connectivity index (χ4v) is 2.12. The maximum Gasteiger partial charge on any atom is 0.326 e. The summed E-state index contributed by atoms with van der Waals surface area (Å²) in [6.45, 7) is 3.51. The second kappa shape index (κ2) is 9.61. The Morgan fingerprint density at radius 3 is 2.43 bits per heavy atom. The summed E-state index contributed by atoms with van der Waals surface area (Å²) in [7, 11) is 0. The number of aryl methyl sites for hydroxylation is 1. The van der Waals surface area contributed by atoms with Gasteiger partial charge in [-0.1, -0.05) is 37.3 Å². The second-order valence-electron chi connectivity index (χ2n) is 5.33. The standard InChI is InChI=1S/C17H23NO5/c1-3-23-17(22)12(2)11-14(16(20)21)18-15(19)10-9-13-7-5-4-6-8-13/h4-8,12,14H,3,9-11H2,1-2H3,(H,18,19)(H,20,21)/t12-,14-/m0/s1. The van der Waals surface area contributed by atoms with Crippen LogP contribution >= 0.6 is 0 Å². The Kier molecular flexibility index (Phi) is 7.80. The minimum absolute atomic E-state index is 0.00520. The minimum atomic E-state index is -1.16. The van der Waals surface area contributed by atoms with Gasteiger partial charge in [0.15, 0.2) is 0 Å². The molecule has 0 aliphatic heterocycles. The summed E-state index contributed by atoms with van der Waals surface area (Å²) < 4.78 is 4.85. The number of carboxylic acids is 1. The van der Waals surface area contributed by atoms with Crippen molar-refractivity contribution in [2.75, 3.05) is 6.61 Å². The van der Waals surface area contributed by atoms with Crippen molar-refractivity contribution in [3.8, 4) is 0 Å². The van der Waals surface area contributed by atoms with Crippen molar-refractivity contribution in [3.63, 3.8) is 0 Å². The fourth-order valence-electron chi connectivity index (χ4n) is 2.12. The molecule has 0 saturated heterocycles. The predicted octanol–water partition coefficient (Wildman–Crippen LogP) is 1.78. The monoisotopic (exact) mass is 321 g/mol. The molecule has 6 heteroatoms. The van der Waals surface area contributed by atoms with Crippen LogP contribution in [0.15, 0.2) is 30.3 Å². The average Bonchev–Trinajstić information content (AvgIpc) is 2.53. The summed E-state index contributed by atoms with van der Waals surface area (Å²) >= 11 is 0. The first-order valence-electron chi connectivity index (χ1n) is 7.66. The number of nitrogens with one attached hydrogen (secondary N) is 1. The van der Waals surface area contributed by atoms with E-state index in [1.165, 1.54) is 0 Å². The summed E-state index contributed by atoms with van der Waals surface area (Å²) in [5, 5.41) is 11.7. The zero-order valence-corrected chi connectivity index (χ0v) is 13.5. The smallest absolute Gasteiger partial charge is 0.326 e. The Bertz CT molecular complexity index is 529. The molecule has 0 aromatic heterocycles. The fraction of sp³-hybridized carbons (Fsp3) is 0.471. The topological polar surface area (TPSA) is 92.7 Å². The summed E-state index contributed by atoms with van der Waals surface area (Å²) in [6, 6.07) is 8.37. The van der Waals surface area contributed by atoms with E-state index < -0.39 is 23.9 Å². The van der Waals surface area contributed by atoms with Crippen molar-refractivity contribution < 1.29 is 24.2 Å². The maximum atomic E-state index is 11.9. The third kappa shape index (κ3) is 6.95. The summed E-state index contributed by atoms with van der Waals surface area (Å²) in [4.78, 5) is 34.7. The molecule has 0 spiro atoms. The molecule has 6 nitrogen and oxygen atoms in total. The third-order valence-corrected chi connectivity index (χ3v) is 3.40. The highest BCUT2D eigenvalue weighted by atomic mass is 16.5. The van der Waals surface area contributed by atoms with Gasteiger partial charge in [0, 0.05) is 6.42 Å². The Hall–Kier alpha value is -2.37. The Balaban J connectivity index is 2.50. The van der Waals surface area contributed by atoms with E-state index in [2.05, 4.69) is 5.32 Å². The van der Waals surface area contributed by atoms with Gasteiger partial charge < -0.3 is 15.2 Å². The molecule has 0 aliphatic carbocycles. The van der Waals surface area contributed by atoms with Gasteiger partial charge in [-0.15, -0.1) is 0 Å². The van der Waals surface area contributed by atoms with Gasteiger partial charge in [0.05, 0.1) is 12.5 Å². The molecule has 2 atom stereocenters. The lowest BCUT2D eigenvalue weighted by atomic mass is 10.0. The minimum Gasteiger partial charge on any atom is -0.480 e. The SMILES string of the molecule is CCOC(=O)[C@@H](C)C[C@H](NC(=O)CCc1ccccc1)C(=O)O. The van der Waals surface area contributed by atoms with Gasteiger partial charge >= 0.3 is 11.9 Å². The molecule has 0 aliphatic rings. The largest absolute Gasteiger partial charge is 0.480 e. The number of benzene rings is 1. The number of rotatable bonds is 9. The van der Waals surface area contributed by atoms with E-state index in [0.717, 1.165) is 5.56 Å². The molecule has 1 amide bonds. The van der Waals surface area contributed by atoms with Gasteiger partial charge in [0.25, 0.3) is 0 Å². The van der Waals surface area contributed by atoms with Crippen molar-refractivity contribution >= 4 is 17.8 Å². The number of carboxylic acid groups (broad SMARTS) is 1. The van der Waals surface area contributed by atoms with E-state index >= 15 is 0 Å². The summed E-state index contributed by atoms with van der Waals surface area (Å²) in [6.07, 6.45) is 0.735. The van der Waals surface area contributed by atoms with Gasteiger partial charge in [0.1, 0.15) is 6.04 Å². The molecule has 0 unspecified atom stereocenters. The number of carbonyl (C=O) groups is 3. The molecule has 0 fully saturated rings. The second-order valence-corrected chi connectivity index (χ2v) is 5.33. The van der Waals surface area contributed by atoms with Gasteiger partial charge in [-0.3, -0.25) is 9.59 Å². The Morgan fingerprint density at radius 2 is 1.87 bits per heavy atom. The highest BCUT2D eigenvalue weighted by Crippen LogP contribution is 2.10. The first-order valence-corrected chi connectivity index (χ1v) is 7.66. The van der Waals surface area contributed by atoms with E-state index in [1.54, 1.807) is 13.8 Å². The van der Waals surface area contributed by atoms with E-state index in [1.807, 2.05) is 30.3 Å². The normalized spacial score (nSPS) is 13.0. The number of amides is 1. The summed E-state index contributed by atoms with van der Waals surface area (Å²) in [5.41, 5.74) is 1.01. The van der Waals surface area contributed by atoms with Crippen LogP contribution in [0, 0.1) is 5.92 Å². The predicted molar refractivity (Wildman–Crippen MR) is 84.7 cm³/mol. The number of ether oxygens (including phenoxy) is 1. The molecule has 0 bridgehead atoms. The van der Waals surface area contributed by atoms with Gasteiger partial charge in [0.2, 0.25) is 5.91 Å². The van der Waals surface area contributed by atoms with E-state index in [9.17, 15) is 19.5 Å². The van der Waals surface area contributed by atoms with Crippen LogP contribution in [-0.4, -0.2) is 35.6 Å². The van der Waals surface area contributed by atoms with E-state index in [4.69, 9.17) is 4.74 Å². The molecule has 1 aromatic rings. The number of carbonyl (C=O) groups excluding carboxylic acids is 2. The van der Waals surface area contributed by atoms with Crippen LogP contribution < -0.4 is 5.32 Å². The molecule has 2 N–H and O–H groups in total. The highest BCUT2D eigenvalue weighted by Gasteiger charge is 2.26. The molecule has 0 saturated carbocycles. The molecule has 126 valence electrons.